The minimum Gasteiger partial charge on any atom is -0.382 e. The van der Waals surface area contributed by atoms with Crippen molar-refractivity contribution in [2.24, 2.45) is 0 Å². The van der Waals surface area contributed by atoms with Crippen molar-refractivity contribution in [1.82, 2.24) is 4.98 Å². The Morgan fingerprint density at radius 1 is 1.28 bits per heavy atom. The molecule has 2 N–H and O–H groups in total. The number of halogens is 2. The highest BCUT2D eigenvalue weighted by Gasteiger charge is 2.16. The highest BCUT2D eigenvalue weighted by Crippen LogP contribution is 2.31. The van der Waals surface area contributed by atoms with E-state index in [1.165, 1.54) is 12.8 Å². The molecule has 0 spiro atoms. The highest BCUT2D eigenvalue weighted by atomic mass is 35.5. The van der Waals surface area contributed by atoms with Crippen molar-refractivity contribution in [3.05, 3.63) is 16.1 Å². The van der Waals surface area contributed by atoms with Crippen molar-refractivity contribution in [3.63, 3.8) is 0 Å². The van der Waals surface area contributed by atoms with Gasteiger partial charge in [-0.2, -0.15) is 0 Å². The van der Waals surface area contributed by atoms with E-state index in [2.05, 4.69) is 30.7 Å². The van der Waals surface area contributed by atoms with Crippen molar-refractivity contribution in [2.45, 2.75) is 46.1 Å². The molecule has 0 aliphatic carbocycles. The Balaban J connectivity index is 2.95. The fourth-order valence-corrected chi connectivity index (χ4v) is 2.28. The van der Waals surface area contributed by atoms with Gasteiger partial charge in [0, 0.05) is 12.6 Å². The molecule has 0 fully saturated rings. The summed E-state index contributed by atoms with van der Waals surface area (Å²) in [6.07, 6.45) is 3.51. The van der Waals surface area contributed by atoms with E-state index in [4.69, 9.17) is 28.9 Å². The molecule has 0 radical (unpaired) electrons. The first-order valence-electron chi connectivity index (χ1n) is 6.35. The third-order valence-corrected chi connectivity index (χ3v) is 3.42. The standard InChI is InChI=1S/C13H21Cl2N3/c1-4-5-6-7-18(9(2)3)13-11(15)8-10(14)12(16)17-13/h8-9H,4-7H2,1-3H3,(H2,16,17). The molecule has 0 saturated carbocycles. The van der Waals surface area contributed by atoms with Crippen LogP contribution in [0.2, 0.25) is 10.0 Å². The summed E-state index contributed by atoms with van der Waals surface area (Å²) in [5, 5.41) is 0.959. The number of nitrogens with two attached hydrogens (primary N) is 1. The molecule has 0 aliphatic heterocycles. The molecule has 1 aromatic rings. The number of pyridine rings is 1. The molecule has 0 aliphatic rings. The molecule has 1 aromatic heterocycles. The molecule has 1 heterocycles. The molecule has 1 rings (SSSR count). The van der Waals surface area contributed by atoms with Crippen LogP contribution in [0.15, 0.2) is 6.07 Å². The van der Waals surface area contributed by atoms with Gasteiger partial charge < -0.3 is 10.6 Å². The third-order valence-electron chi connectivity index (χ3n) is 2.84. The predicted molar refractivity (Wildman–Crippen MR) is 80.7 cm³/mol. The van der Waals surface area contributed by atoms with Gasteiger partial charge >= 0.3 is 0 Å². The Hall–Kier alpha value is -0.670. The quantitative estimate of drug-likeness (QED) is 0.791. The Kier molecular flexibility index (Phi) is 6.03. The number of hydrogen-bond donors (Lipinski definition) is 1. The highest BCUT2D eigenvalue weighted by molar-refractivity contribution is 6.37. The van der Waals surface area contributed by atoms with Gasteiger partial charge in [0.05, 0.1) is 10.0 Å². The van der Waals surface area contributed by atoms with Gasteiger partial charge in [0.15, 0.2) is 0 Å². The van der Waals surface area contributed by atoms with E-state index in [1.54, 1.807) is 6.07 Å². The molecule has 0 aromatic carbocycles. The van der Waals surface area contributed by atoms with Crippen molar-refractivity contribution in [2.75, 3.05) is 17.2 Å². The fourth-order valence-electron chi connectivity index (χ4n) is 1.81. The Morgan fingerprint density at radius 2 is 1.94 bits per heavy atom. The number of aromatic nitrogens is 1. The molecule has 0 bridgehead atoms. The van der Waals surface area contributed by atoms with Crippen LogP contribution in [0.25, 0.3) is 0 Å². The second-order valence-corrected chi connectivity index (χ2v) is 5.47. The van der Waals surface area contributed by atoms with Crippen LogP contribution < -0.4 is 10.6 Å². The molecule has 0 saturated heterocycles. The van der Waals surface area contributed by atoms with Gasteiger partial charge in [0.1, 0.15) is 11.6 Å². The zero-order valence-corrected chi connectivity index (χ0v) is 12.7. The summed E-state index contributed by atoms with van der Waals surface area (Å²) in [4.78, 5) is 6.48. The molecule has 102 valence electrons. The summed E-state index contributed by atoms with van der Waals surface area (Å²) in [6.45, 7) is 7.36. The zero-order chi connectivity index (χ0) is 13.7. The van der Waals surface area contributed by atoms with E-state index >= 15 is 0 Å². The molecular formula is C13H21Cl2N3. The Labute approximate surface area is 119 Å². The first kappa shape index (κ1) is 15.4. The maximum absolute atomic E-state index is 6.21. The number of hydrogen-bond acceptors (Lipinski definition) is 3. The molecule has 5 heteroatoms. The maximum Gasteiger partial charge on any atom is 0.150 e. The summed E-state index contributed by atoms with van der Waals surface area (Å²) >= 11 is 12.1. The largest absolute Gasteiger partial charge is 0.382 e. The summed E-state index contributed by atoms with van der Waals surface area (Å²) in [5.41, 5.74) is 5.75. The monoisotopic (exact) mass is 289 g/mol. The lowest BCUT2D eigenvalue weighted by Gasteiger charge is -2.29. The Morgan fingerprint density at radius 3 is 2.50 bits per heavy atom. The van der Waals surface area contributed by atoms with Crippen LogP contribution in [0.5, 0.6) is 0 Å². The minimum atomic E-state index is 0.326. The van der Waals surface area contributed by atoms with E-state index < -0.39 is 0 Å². The van der Waals surface area contributed by atoms with Gasteiger partial charge in [0.25, 0.3) is 0 Å². The zero-order valence-electron chi connectivity index (χ0n) is 11.2. The first-order valence-corrected chi connectivity index (χ1v) is 7.11. The molecule has 18 heavy (non-hydrogen) atoms. The summed E-state index contributed by atoms with van der Waals surface area (Å²) in [6, 6.07) is 1.99. The van der Waals surface area contributed by atoms with E-state index in [9.17, 15) is 0 Å². The second kappa shape index (κ2) is 7.05. The van der Waals surface area contributed by atoms with Gasteiger partial charge in [-0.05, 0) is 26.3 Å². The van der Waals surface area contributed by atoms with Crippen molar-refractivity contribution in [3.8, 4) is 0 Å². The van der Waals surface area contributed by atoms with Crippen molar-refractivity contribution in [1.29, 1.82) is 0 Å². The lowest BCUT2D eigenvalue weighted by molar-refractivity contribution is 0.620. The van der Waals surface area contributed by atoms with Crippen LogP contribution in [0.1, 0.15) is 40.0 Å². The van der Waals surface area contributed by atoms with Crippen LogP contribution in [0, 0.1) is 0 Å². The van der Waals surface area contributed by atoms with Crippen LogP contribution in [0.4, 0.5) is 11.6 Å². The average molecular weight is 290 g/mol. The number of nitrogen functional groups attached to an aromatic ring is 1. The second-order valence-electron chi connectivity index (χ2n) is 4.66. The smallest absolute Gasteiger partial charge is 0.150 e. The average Bonchev–Trinajstić information content (AvgIpc) is 2.30. The first-order chi connectivity index (χ1) is 8.47. The van der Waals surface area contributed by atoms with Gasteiger partial charge in [-0.3, -0.25) is 0 Å². The van der Waals surface area contributed by atoms with Crippen LogP contribution >= 0.6 is 23.2 Å². The van der Waals surface area contributed by atoms with E-state index in [0.717, 1.165) is 18.8 Å². The van der Waals surface area contributed by atoms with Gasteiger partial charge in [-0.15, -0.1) is 0 Å². The number of anilines is 2. The Bertz CT molecular complexity index is 394. The number of unbranched alkanes of at least 4 members (excludes halogenated alkanes) is 2. The molecule has 0 atom stereocenters. The van der Waals surface area contributed by atoms with Crippen molar-refractivity contribution < 1.29 is 0 Å². The van der Waals surface area contributed by atoms with Gasteiger partial charge in [-0.25, -0.2) is 4.98 Å². The van der Waals surface area contributed by atoms with Crippen LogP contribution in [-0.4, -0.2) is 17.6 Å². The van der Waals surface area contributed by atoms with E-state index in [0.29, 0.717) is 21.9 Å². The summed E-state index contributed by atoms with van der Waals surface area (Å²) in [7, 11) is 0. The lowest BCUT2D eigenvalue weighted by Crippen LogP contribution is -2.33. The predicted octanol–water partition coefficient (Wildman–Crippen LogP) is 4.38. The third kappa shape index (κ3) is 3.92. The number of rotatable bonds is 6. The molecule has 3 nitrogen and oxygen atoms in total. The van der Waals surface area contributed by atoms with E-state index in [-0.39, 0.29) is 0 Å². The summed E-state index contributed by atoms with van der Waals surface area (Å²) in [5.74, 6) is 1.06. The molecular weight excluding hydrogens is 269 g/mol. The number of nitrogens with zero attached hydrogens (tertiary/aromatic N) is 2. The lowest BCUT2D eigenvalue weighted by atomic mass is 10.2. The van der Waals surface area contributed by atoms with Gasteiger partial charge in [0.2, 0.25) is 0 Å². The normalized spacial score (nSPS) is 11.0. The summed E-state index contributed by atoms with van der Waals surface area (Å²) < 4.78 is 0. The van der Waals surface area contributed by atoms with E-state index in [1.807, 2.05) is 0 Å². The minimum absolute atomic E-state index is 0.326. The SMILES string of the molecule is CCCCCN(c1nc(N)c(Cl)cc1Cl)C(C)C. The maximum atomic E-state index is 6.21. The molecule has 0 unspecified atom stereocenters. The van der Waals surface area contributed by atoms with Gasteiger partial charge in [-0.1, -0.05) is 43.0 Å². The molecule has 0 amide bonds. The van der Waals surface area contributed by atoms with Crippen LogP contribution in [0.3, 0.4) is 0 Å². The topological polar surface area (TPSA) is 42.2 Å². The van der Waals surface area contributed by atoms with Crippen LogP contribution in [-0.2, 0) is 0 Å². The van der Waals surface area contributed by atoms with Crippen molar-refractivity contribution >= 4 is 34.8 Å². The fraction of sp³-hybridized carbons (Fsp3) is 0.615.